The van der Waals surface area contributed by atoms with Crippen LogP contribution in [0.15, 0.2) is 43.0 Å². The fourth-order valence-electron chi connectivity index (χ4n) is 6.74. The molecule has 2 aliphatic rings. The number of rotatable bonds is 11. The average molecular weight is 596 g/mol. The second-order valence-electron chi connectivity index (χ2n) is 11.6. The van der Waals surface area contributed by atoms with Gasteiger partial charge in [-0.25, -0.2) is 0 Å². The van der Waals surface area contributed by atoms with Crippen LogP contribution in [0.1, 0.15) is 84.0 Å². The minimum absolute atomic E-state index is 0.0747. The van der Waals surface area contributed by atoms with E-state index in [-0.39, 0.29) is 30.4 Å². The van der Waals surface area contributed by atoms with E-state index in [0.717, 1.165) is 59.3 Å². The van der Waals surface area contributed by atoms with Crippen molar-refractivity contribution in [2.75, 3.05) is 26.2 Å². The molecule has 1 saturated heterocycles. The van der Waals surface area contributed by atoms with Crippen molar-refractivity contribution in [3.63, 3.8) is 0 Å². The summed E-state index contributed by atoms with van der Waals surface area (Å²) in [5, 5.41) is 34.9. The van der Waals surface area contributed by atoms with E-state index >= 15 is 0 Å². The molecule has 2 amide bonds. The number of aromatic amines is 1. The predicted octanol–water partition coefficient (Wildman–Crippen LogP) is 2.85. The van der Waals surface area contributed by atoms with Crippen molar-refractivity contribution in [2.45, 2.75) is 70.4 Å². The number of H-pyrrole nitrogens is 1. The Hall–Kier alpha value is -4.56. The number of fused-ring (bicyclic) bond motifs is 2. The Balaban J connectivity index is 1.58. The molecule has 3 aromatic rings. The topological polar surface area (TPSA) is 152 Å². The number of carbonyl (C=O) groups excluding carboxylic acids is 2. The van der Waals surface area contributed by atoms with Crippen molar-refractivity contribution >= 4 is 17.5 Å². The molecule has 5 rings (SSSR count). The lowest BCUT2D eigenvalue weighted by Crippen LogP contribution is -2.45. The van der Waals surface area contributed by atoms with Crippen LogP contribution >= 0.6 is 0 Å². The monoisotopic (exact) mass is 595 g/mol. The van der Waals surface area contributed by atoms with Gasteiger partial charge in [0.1, 0.15) is 6.04 Å². The molecule has 1 fully saturated rings. The van der Waals surface area contributed by atoms with Crippen LogP contribution in [-0.2, 0) is 23.1 Å². The third-order valence-corrected chi connectivity index (χ3v) is 8.80. The fraction of sp³-hybridized carbons (Fsp3) is 0.455. The third-order valence-electron chi connectivity index (χ3n) is 8.80. The van der Waals surface area contributed by atoms with E-state index in [1.807, 2.05) is 32.0 Å². The first-order valence-corrected chi connectivity index (χ1v) is 15.5. The summed E-state index contributed by atoms with van der Waals surface area (Å²) < 4.78 is 0. The number of nitrogens with zero attached hydrogens (tertiary/aromatic N) is 5. The Bertz CT molecular complexity index is 1490. The lowest BCUT2D eigenvalue weighted by Gasteiger charge is -2.36. The Labute approximate surface area is 258 Å². The maximum atomic E-state index is 13.1. The van der Waals surface area contributed by atoms with Gasteiger partial charge in [0, 0.05) is 36.9 Å². The van der Waals surface area contributed by atoms with Gasteiger partial charge in [0.25, 0.3) is 5.91 Å². The first-order valence-electron chi connectivity index (χ1n) is 15.5. The highest BCUT2D eigenvalue weighted by molar-refractivity contribution is 5.94. The summed E-state index contributed by atoms with van der Waals surface area (Å²) in [4.78, 5) is 27.6. The van der Waals surface area contributed by atoms with Gasteiger partial charge in [-0.3, -0.25) is 9.59 Å². The summed E-state index contributed by atoms with van der Waals surface area (Å²) in [7, 11) is 0. The molecule has 2 aromatic carbocycles. The van der Waals surface area contributed by atoms with Gasteiger partial charge in [-0.2, -0.15) is 10.5 Å². The van der Waals surface area contributed by atoms with Gasteiger partial charge in [0.15, 0.2) is 5.82 Å². The van der Waals surface area contributed by atoms with E-state index in [1.165, 1.54) is 0 Å². The molecule has 2 unspecified atom stereocenters. The number of nitriles is 1. The maximum Gasteiger partial charge on any atom is 0.251 e. The molecule has 2 heterocycles. The summed E-state index contributed by atoms with van der Waals surface area (Å²) >= 11 is 0. The molecule has 4 N–H and O–H groups in total. The van der Waals surface area contributed by atoms with Crippen LogP contribution in [0, 0.1) is 11.3 Å². The van der Waals surface area contributed by atoms with Crippen molar-refractivity contribution in [3.8, 4) is 6.07 Å². The molecule has 0 spiro atoms. The zero-order chi connectivity index (χ0) is 31.3. The number of hydrogen-bond donors (Lipinski definition) is 4. The van der Waals surface area contributed by atoms with Gasteiger partial charge in [0.2, 0.25) is 5.91 Å². The zero-order valence-electron chi connectivity index (χ0n) is 25.7. The number of hydrogen-bond acceptors (Lipinski definition) is 8. The second kappa shape index (κ2) is 13.4. The number of nitrogens with one attached hydrogen (secondary N) is 4. The molecular formula is C33H41N9O2. The van der Waals surface area contributed by atoms with E-state index < -0.39 is 5.41 Å². The van der Waals surface area contributed by atoms with Gasteiger partial charge < -0.3 is 20.9 Å². The summed E-state index contributed by atoms with van der Waals surface area (Å²) in [6.07, 6.45) is 3.55. The normalized spacial score (nSPS) is 19.7. The molecule has 1 aromatic heterocycles. The van der Waals surface area contributed by atoms with Gasteiger partial charge in [-0.15, -0.1) is 10.2 Å². The Morgan fingerprint density at radius 3 is 2.43 bits per heavy atom. The number of amides is 2. The summed E-state index contributed by atoms with van der Waals surface area (Å²) in [5.41, 5.74) is 5.88. The molecule has 11 nitrogen and oxygen atoms in total. The molecule has 1 aliphatic carbocycles. The van der Waals surface area contributed by atoms with E-state index in [9.17, 15) is 14.9 Å². The number of benzene rings is 2. The summed E-state index contributed by atoms with van der Waals surface area (Å²) in [6.45, 7) is 12.3. The minimum atomic E-state index is -0.829. The third kappa shape index (κ3) is 5.95. The van der Waals surface area contributed by atoms with Crippen molar-refractivity contribution < 1.29 is 9.59 Å². The van der Waals surface area contributed by atoms with Gasteiger partial charge in [-0.05, 0) is 98.9 Å². The number of tetrazole rings is 1. The molecular weight excluding hydrogens is 554 g/mol. The molecule has 230 valence electrons. The van der Waals surface area contributed by atoms with Crippen LogP contribution in [0.5, 0.6) is 0 Å². The van der Waals surface area contributed by atoms with Crippen molar-refractivity contribution in [1.29, 1.82) is 5.26 Å². The van der Waals surface area contributed by atoms with E-state index in [0.29, 0.717) is 37.3 Å². The molecule has 0 bridgehead atoms. The smallest absolute Gasteiger partial charge is 0.251 e. The minimum Gasteiger partial charge on any atom is -0.385 e. The van der Waals surface area contributed by atoms with Crippen molar-refractivity contribution in [3.05, 3.63) is 82.2 Å². The zero-order valence-corrected chi connectivity index (χ0v) is 25.7. The van der Waals surface area contributed by atoms with E-state index in [4.69, 9.17) is 0 Å². The van der Waals surface area contributed by atoms with Gasteiger partial charge in [0.05, 0.1) is 18.0 Å². The average Bonchev–Trinajstić information content (AvgIpc) is 3.73. The van der Waals surface area contributed by atoms with Crippen LogP contribution in [0.4, 0.5) is 0 Å². The lowest BCUT2D eigenvalue weighted by molar-refractivity contribution is -0.130. The van der Waals surface area contributed by atoms with Crippen LogP contribution in [0.25, 0.3) is 5.70 Å². The number of aryl methyl sites for hydroxylation is 2. The maximum absolute atomic E-state index is 13.1. The highest BCUT2D eigenvalue weighted by Crippen LogP contribution is 2.47. The summed E-state index contributed by atoms with van der Waals surface area (Å²) in [6, 6.07) is 14.0. The Morgan fingerprint density at radius 2 is 1.80 bits per heavy atom. The van der Waals surface area contributed by atoms with Crippen LogP contribution < -0.4 is 16.0 Å². The highest BCUT2D eigenvalue weighted by atomic mass is 16.2. The number of carbonyl (C=O) groups is 2. The second-order valence-corrected chi connectivity index (χ2v) is 11.6. The summed E-state index contributed by atoms with van der Waals surface area (Å²) in [5.74, 6) is 0.335. The molecule has 44 heavy (non-hydrogen) atoms. The van der Waals surface area contributed by atoms with Crippen LogP contribution in [-0.4, -0.2) is 75.6 Å². The van der Waals surface area contributed by atoms with Crippen molar-refractivity contribution in [1.82, 2.24) is 41.5 Å². The molecule has 0 radical (unpaired) electrons. The standard InChI is InChI=1S/C33H41N9O2/c1-5-35-22(4)23-11-13-28-24(16-23)9-10-25-17-26(31(44)36-6-2)12-14-29(25)33(28,32-38-40-41-39-32)18-21(3)37-20-30(43)42-15-7-8-27(42)19-34/h11-14,16-17,21,27,35,37H,4-10,15,18,20H2,1-3H3,(H,36,44)(H,38,39,40,41)/t21-,27?,33?/m1/s1. The first kappa shape index (κ1) is 30.9. The molecule has 0 saturated carbocycles. The largest absolute Gasteiger partial charge is 0.385 e. The van der Waals surface area contributed by atoms with Gasteiger partial charge in [-0.1, -0.05) is 30.0 Å². The SMILES string of the molecule is C=C(NCC)c1ccc2c(c1)CCc1cc(C(=O)NCC)ccc1C2(C[C@@H](C)NCC(=O)N1CCCC1C#N)c1nn[nH]n1. The molecule has 3 atom stereocenters. The van der Waals surface area contributed by atoms with Crippen LogP contribution in [0.2, 0.25) is 0 Å². The van der Waals surface area contributed by atoms with Crippen molar-refractivity contribution in [2.24, 2.45) is 0 Å². The van der Waals surface area contributed by atoms with Crippen LogP contribution in [0.3, 0.4) is 0 Å². The first-order chi connectivity index (χ1) is 21.3. The Kier molecular flexibility index (Phi) is 9.40. The Morgan fingerprint density at radius 1 is 1.11 bits per heavy atom. The fourth-order valence-corrected chi connectivity index (χ4v) is 6.74. The lowest BCUT2D eigenvalue weighted by atomic mass is 9.67. The molecule has 1 aliphatic heterocycles. The van der Waals surface area contributed by atoms with E-state index in [2.05, 4.69) is 74.3 Å². The number of likely N-dealkylation sites (tertiary alicyclic amines) is 1. The predicted molar refractivity (Wildman–Crippen MR) is 167 cm³/mol. The van der Waals surface area contributed by atoms with E-state index in [1.54, 1.807) is 4.90 Å². The highest BCUT2D eigenvalue weighted by Gasteiger charge is 2.45. The van der Waals surface area contributed by atoms with Gasteiger partial charge >= 0.3 is 0 Å². The number of aromatic nitrogens is 4. The quantitative estimate of drug-likeness (QED) is 0.264. The molecule has 11 heteroatoms.